The molecule has 1 heterocycles. The van der Waals surface area contributed by atoms with Crippen molar-refractivity contribution in [2.45, 2.75) is 18.0 Å². The summed E-state index contributed by atoms with van der Waals surface area (Å²) in [6.45, 7) is 0. The average molecular weight is 584 g/mol. The average Bonchev–Trinajstić information content (AvgIpc) is 3.39. The Balaban J connectivity index is 1.72. The van der Waals surface area contributed by atoms with Crippen LogP contribution < -0.4 is 10.1 Å². The highest BCUT2D eigenvalue weighted by Gasteiger charge is 2.57. The lowest BCUT2D eigenvalue weighted by Gasteiger charge is -2.30. The second kappa shape index (κ2) is 12.1. The van der Waals surface area contributed by atoms with Crippen LogP contribution in [0, 0.1) is 21.8 Å². The molecule has 1 aliphatic heterocycles. The number of hydrogen-bond acceptors (Lipinski definition) is 6. The number of benzene rings is 4. The summed E-state index contributed by atoms with van der Waals surface area (Å²) in [4.78, 5) is 53.2. The number of ketones is 1. The molecule has 1 aliphatic rings. The molecule has 218 valence electrons. The number of nitro groups is 1. The lowest BCUT2D eigenvalue weighted by atomic mass is 9.76. The van der Waals surface area contributed by atoms with E-state index in [2.05, 4.69) is 5.32 Å². The van der Waals surface area contributed by atoms with Crippen LogP contribution >= 0.6 is 0 Å². The Kier molecular flexibility index (Phi) is 8.15. The number of urea groups is 1. The van der Waals surface area contributed by atoms with Crippen molar-refractivity contribution in [3.63, 3.8) is 0 Å². The maximum Gasteiger partial charge on any atom is 0.327 e. The number of carboxylic acid groups (broad SMARTS) is 1. The van der Waals surface area contributed by atoms with Gasteiger partial charge < -0.3 is 20.1 Å². The first-order valence-corrected chi connectivity index (χ1v) is 13.2. The van der Waals surface area contributed by atoms with Gasteiger partial charge in [-0.25, -0.2) is 14.0 Å². The van der Waals surface area contributed by atoms with Crippen LogP contribution in [-0.2, 0) is 4.79 Å². The van der Waals surface area contributed by atoms with Crippen LogP contribution in [-0.4, -0.2) is 45.9 Å². The predicted octanol–water partition coefficient (Wildman–Crippen LogP) is 6.07. The standard InChI is InChI=1S/C32H26FN3O7/c1-43-25-17-9-20(10-18-25)28-27(30(37)21-5-3-2-4-6-21)26(19-7-15-24(16-8-19)36(41)42)29(31(38)39)35(28)32(40)34-23-13-11-22(33)12-14-23/h2-18,26-29H,1H3,(H,34,40)(H,38,39). The molecule has 0 bridgehead atoms. The number of amides is 2. The molecular formula is C32H26FN3O7. The first-order chi connectivity index (χ1) is 20.7. The zero-order valence-corrected chi connectivity index (χ0v) is 22.8. The fourth-order valence-electron chi connectivity index (χ4n) is 5.64. The largest absolute Gasteiger partial charge is 0.497 e. The molecule has 0 aromatic heterocycles. The summed E-state index contributed by atoms with van der Waals surface area (Å²) in [7, 11) is 1.49. The molecule has 2 N–H and O–H groups in total. The third kappa shape index (κ3) is 5.78. The Hall–Kier alpha value is -5.58. The van der Waals surface area contributed by atoms with Crippen LogP contribution in [0.5, 0.6) is 5.75 Å². The minimum atomic E-state index is -1.56. The topological polar surface area (TPSA) is 139 Å². The molecule has 5 rings (SSSR count). The third-order valence-electron chi connectivity index (χ3n) is 7.56. The number of halogens is 1. The van der Waals surface area contributed by atoms with Gasteiger partial charge in [-0.05, 0) is 47.5 Å². The fraction of sp³-hybridized carbons (Fsp3) is 0.156. The van der Waals surface area contributed by atoms with Crippen molar-refractivity contribution < 1.29 is 33.5 Å². The fourth-order valence-corrected chi connectivity index (χ4v) is 5.64. The van der Waals surface area contributed by atoms with E-state index in [0.29, 0.717) is 22.4 Å². The van der Waals surface area contributed by atoms with Crippen molar-refractivity contribution in [3.8, 4) is 5.75 Å². The number of rotatable bonds is 8. The Morgan fingerprint density at radius 3 is 2.05 bits per heavy atom. The van der Waals surface area contributed by atoms with Gasteiger partial charge in [0.2, 0.25) is 0 Å². The normalized spacial score (nSPS) is 19.4. The molecular weight excluding hydrogens is 557 g/mol. The quantitative estimate of drug-likeness (QED) is 0.146. The van der Waals surface area contributed by atoms with Gasteiger partial charge in [-0.15, -0.1) is 0 Å². The summed E-state index contributed by atoms with van der Waals surface area (Å²) >= 11 is 0. The molecule has 4 aromatic rings. The molecule has 4 aromatic carbocycles. The number of aliphatic carboxylic acids is 1. The lowest BCUT2D eigenvalue weighted by molar-refractivity contribution is -0.384. The van der Waals surface area contributed by atoms with Crippen molar-refractivity contribution in [2.24, 2.45) is 5.92 Å². The second-order valence-electron chi connectivity index (χ2n) is 9.98. The summed E-state index contributed by atoms with van der Waals surface area (Å²) in [5.74, 6) is -4.01. The molecule has 43 heavy (non-hydrogen) atoms. The SMILES string of the molecule is COc1ccc(C2C(C(=O)c3ccccc3)C(c3ccc([N+](=O)[O-])cc3)C(C(=O)O)N2C(=O)Nc2ccc(F)cc2)cc1. The van der Waals surface area contributed by atoms with Crippen LogP contribution in [0.4, 0.5) is 20.6 Å². The van der Waals surface area contributed by atoms with Gasteiger partial charge in [0.1, 0.15) is 17.6 Å². The smallest absolute Gasteiger partial charge is 0.327 e. The zero-order chi connectivity index (χ0) is 30.7. The molecule has 0 aliphatic carbocycles. The highest BCUT2D eigenvalue weighted by Crippen LogP contribution is 2.51. The molecule has 0 spiro atoms. The number of ether oxygens (including phenoxy) is 1. The Labute approximate surface area is 245 Å². The number of methoxy groups -OCH3 is 1. The number of nitro benzene ring substituents is 1. The van der Waals surface area contributed by atoms with Crippen LogP contribution in [0.1, 0.15) is 33.4 Å². The van der Waals surface area contributed by atoms with Gasteiger partial charge in [0, 0.05) is 29.3 Å². The summed E-state index contributed by atoms with van der Waals surface area (Å²) in [6, 6.07) is 21.7. The molecule has 1 fully saturated rings. The van der Waals surface area contributed by atoms with E-state index in [1.165, 1.54) is 43.5 Å². The summed E-state index contributed by atoms with van der Waals surface area (Å²) in [5.41, 5.74) is 1.12. The Morgan fingerprint density at radius 1 is 0.884 bits per heavy atom. The van der Waals surface area contributed by atoms with Gasteiger partial charge in [-0.3, -0.25) is 14.9 Å². The Bertz CT molecular complexity index is 1650. The number of hydrogen-bond donors (Lipinski definition) is 2. The van der Waals surface area contributed by atoms with Crippen LogP contribution in [0.2, 0.25) is 0 Å². The molecule has 1 saturated heterocycles. The molecule has 4 atom stereocenters. The number of Topliss-reactive ketones (excluding diaryl/α,β-unsaturated/α-hetero) is 1. The van der Waals surface area contributed by atoms with Gasteiger partial charge in [-0.1, -0.05) is 54.6 Å². The van der Waals surface area contributed by atoms with Gasteiger partial charge in [-0.2, -0.15) is 0 Å². The van der Waals surface area contributed by atoms with Crippen molar-refractivity contribution >= 4 is 29.2 Å². The zero-order valence-electron chi connectivity index (χ0n) is 22.8. The van der Waals surface area contributed by atoms with Crippen LogP contribution in [0.25, 0.3) is 0 Å². The van der Waals surface area contributed by atoms with Crippen LogP contribution in [0.3, 0.4) is 0 Å². The van der Waals surface area contributed by atoms with Crippen molar-refractivity contribution in [2.75, 3.05) is 12.4 Å². The van der Waals surface area contributed by atoms with E-state index >= 15 is 0 Å². The number of carbonyl (C=O) groups excluding carboxylic acids is 2. The molecule has 0 saturated carbocycles. The maximum atomic E-state index is 14.3. The second-order valence-corrected chi connectivity index (χ2v) is 9.98. The Morgan fingerprint density at radius 2 is 1.49 bits per heavy atom. The first kappa shape index (κ1) is 28.9. The van der Waals surface area contributed by atoms with Crippen molar-refractivity contribution in [1.82, 2.24) is 4.90 Å². The lowest BCUT2D eigenvalue weighted by Crippen LogP contribution is -2.45. The van der Waals surface area contributed by atoms with E-state index < -0.39 is 52.4 Å². The van der Waals surface area contributed by atoms with E-state index in [9.17, 15) is 34.0 Å². The molecule has 4 unspecified atom stereocenters. The number of nitrogens with one attached hydrogen (secondary N) is 1. The van der Waals surface area contributed by atoms with E-state index in [-0.39, 0.29) is 11.4 Å². The molecule has 2 amide bonds. The van der Waals surface area contributed by atoms with Gasteiger partial charge >= 0.3 is 12.0 Å². The van der Waals surface area contributed by atoms with E-state index in [0.717, 1.165) is 17.0 Å². The van der Waals surface area contributed by atoms with E-state index in [1.807, 2.05) is 0 Å². The first-order valence-electron chi connectivity index (χ1n) is 13.2. The minimum absolute atomic E-state index is 0.211. The highest BCUT2D eigenvalue weighted by atomic mass is 19.1. The van der Waals surface area contributed by atoms with E-state index in [4.69, 9.17) is 4.74 Å². The number of anilines is 1. The monoisotopic (exact) mass is 583 g/mol. The number of likely N-dealkylation sites (tertiary alicyclic amines) is 1. The third-order valence-corrected chi connectivity index (χ3v) is 7.56. The summed E-state index contributed by atoms with van der Waals surface area (Å²) in [6.07, 6.45) is 0. The van der Waals surface area contributed by atoms with Gasteiger partial charge in [0.25, 0.3) is 5.69 Å². The van der Waals surface area contributed by atoms with E-state index in [1.54, 1.807) is 54.6 Å². The molecule has 0 radical (unpaired) electrons. The van der Waals surface area contributed by atoms with Gasteiger partial charge in [0.05, 0.1) is 24.0 Å². The van der Waals surface area contributed by atoms with Crippen LogP contribution in [0.15, 0.2) is 103 Å². The predicted molar refractivity (Wildman–Crippen MR) is 155 cm³/mol. The molecule has 11 heteroatoms. The molecule has 10 nitrogen and oxygen atoms in total. The number of carboxylic acids is 1. The summed E-state index contributed by atoms with van der Waals surface area (Å²) < 4.78 is 18.8. The van der Waals surface area contributed by atoms with Crippen molar-refractivity contribution in [1.29, 1.82) is 0 Å². The number of carbonyl (C=O) groups is 3. The van der Waals surface area contributed by atoms with Gasteiger partial charge in [0.15, 0.2) is 5.78 Å². The maximum absolute atomic E-state index is 14.3. The number of non-ortho nitro benzene ring substituents is 1. The number of nitrogens with zero attached hydrogens (tertiary/aromatic N) is 2. The highest BCUT2D eigenvalue weighted by molar-refractivity contribution is 6.02. The summed E-state index contributed by atoms with van der Waals surface area (Å²) in [5, 5.41) is 24.6. The van der Waals surface area contributed by atoms with Crippen molar-refractivity contribution in [3.05, 3.63) is 136 Å². The minimum Gasteiger partial charge on any atom is -0.497 e.